The summed E-state index contributed by atoms with van der Waals surface area (Å²) in [5, 5.41) is 10.1. The average molecular weight is 305 g/mol. The molecule has 2 aliphatic rings. The van der Waals surface area contributed by atoms with E-state index in [2.05, 4.69) is 20.6 Å². The van der Waals surface area contributed by atoms with Gasteiger partial charge in [0, 0.05) is 38.8 Å². The topological polar surface area (TPSA) is 79.3 Å². The van der Waals surface area contributed by atoms with Gasteiger partial charge in [0.05, 0.1) is 12.1 Å². The van der Waals surface area contributed by atoms with E-state index >= 15 is 0 Å². The number of nitrogens with zero attached hydrogens (tertiary/aromatic N) is 3. The van der Waals surface area contributed by atoms with Gasteiger partial charge < -0.3 is 10.6 Å². The predicted molar refractivity (Wildman–Crippen MR) is 82.4 cm³/mol. The molecule has 0 bridgehead atoms. The molecule has 0 aliphatic carbocycles. The molecule has 2 aliphatic heterocycles. The number of aromatic nitrogens is 2. The molecule has 2 unspecified atom stereocenters. The molecule has 3 heterocycles. The molecule has 1 aromatic heterocycles. The largest absolute Gasteiger partial charge is 0.355 e. The Balaban J connectivity index is 1.62. The average Bonchev–Trinajstić information content (AvgIpc) is 3.06. The summed E-state index contributed by atoms with van der Waals surface area (Å²) in [4.78, 5) is 25.5. The molecule has 2 atom stereocenters. The smallest absolute Gasteiger partial charge is 0.237 e. The second-order valence-corrected chi connectivity index (χ2v) is 6.10. The van der Waals surface area contributed by atoms with Crippen LogP contribution in [0.4, 0.5) is 5.82 Å². The minimum Gasteiger partial charge on any atom is -0.355 e. The lowest BCUT2D eigenvalue weighted by Crippen LogP contribution is -2.44. The molecule has 3 rings (SSSR count). The summed E-state index contributed by atoms with van der Waals surface area (Å²) in [5.74, 6) is 0.629. The second kappa shape index (κ2) is 6.48. The van der Waals surface area contributed by atoms with E-state index < -0.39 is 0 Å². The normalized spacial score (nSPS) is 26.5. The van der Waals surface area contributed by atoms with E-state index in [4.69, 9.17) is 0 Å². The summed E-state index contributed by atoms with van der Waals surface area (Å²) in [6.45, 7) is 4.02. The molecule has 0 spiro atoms. The van der Waals surface area contributed by atoms with Gasteiger partial charge in [-0.1, -0.05) is 0 Å². The molecule has 120 valence electrons. The lowest BCUT2D eigenvalue weighted by Gasteiger charge is -2.25. The molecule has 2 fully saturated rings. The molecular weight excluding hydrogens is 282 g/mol. The van der Waals surface area contributed by atoms with Crippen molar-refractivity contribution < 1.29 is 9.59 Å². The van der Waals surface area contributed by atoms with Crippen molar-refractivity contribution in [2.45, 2.75) is 44.7 Å². The summed E-state index contributed by atoms with van der Waals surface area (Å²) < 4.78 is 1.90. The van der Waals surface area contributed by atoms with Gasteiger partial charge >= 0.3 is 0 Å². The van der Waals surface area contributed by atoms with E-state index in [0.29, 0.717) is 5.82 Å². The summed E-state index contributed by atoms with van der Waals surface area (Å²) in [6.07, 6.45) is 5.98. The van der Waals surface area contributed by atoms with Crippen molar-refractivity contribution >= 4 is 17.6 Å². The van der Waals surface area contributed by atoms with Gasteiger partial charge in [0.2, 0.25) is 11.8 Å². The van der Waals surface area contributed by atoms with Crippen molar-refractivity contribution in [2.75, 3.05) is 25.0 Å². The monoisotopic (exact) mass is 305 g/mol. The zero-order valence-electron chi connectivity index (χ0n) is 12.9. The van der Waals surface area contributed by atoms with Crippen LogP contribution in [0.15, 0.2) is 12.3 Å². The number of nitrogens with one attached hydrogen (secondary N) is 2. The fourth-order valence-corrected chi connectivity index (χ4v) is 3.33. The molecule has 2 amide bonds. The van der Waals surface area contributed by atoms with Crippen molar-refractivity contribution in [3.05, 3.63) is 12.3 Å². The summed E-state index contributed by atoms with van der Waals surface area (Å²) in [7, 11) is 0. The van der Waals surface area contributed by atoms with Crippen LogP contribution in [0.25, 0.3) is 0 Å². The van der Waals surface area contributed by atoms with Gasteiger partial charge in [-0.15, -0.1) is 0 Å². The van der Waals surface area contributed by atoms with Crippen LogP contribution >= 0.6 is 0 Å². The van der Waals surface area contributed by atoms with E-state index in [1.54, 1.807) is 0 Å². The molecule has 22 heavy (non-hydrogen) atoms. The third-order valence-electron chi connectivity index (χ3n) is 4.43. The lowest BCUT2D eigenvalue weighted by atomic mass is 10.1. The summed E-state index contributed by atoms with van der Waals surface area (Å²) in [6, 6.07) is 2.07. The number of carbonyl (C=O) groups excluding carboxylic acids is 2. The first-order valence-electron chi connectivity index (χ1n) is 7.98. The molecule has 7 nitrogen and oxygen atoms in total. The molecule has 2 N–H and O–H groups in total. The molecule has 2 saturated heterocycles. The number of anilines is 1. The zero-order valence-corrected chi connectivity index (χ0v) is 12.9. The van der Waals surface area contributed by atoms with Gasteiger partial charge in [-0.2, -0.15) is 5.10 Å². The number of hydrogen-bond donors (Lipinski definition) is 2. The van der Waals surface area contributed by atoms with E-state index in [0.717, 1.165) is 45.3 Å². The minimum absolute atomic E-state index is 0.00197. The van der Waals surface area contributed by atoms with Gasteiger partial charge in [0.1, 0.15) is 0 Å². The Morgan fingerprint density at radius 1 is 1.41 bits per heavy atom. The number of likely N-dealkylation sites (tertiary alicyclic amines) is 1. The highest BCUT2D eigenvalue weighted by Gasteiger charge is 2.33. The molecule has 7 heteroatoms. The zero-order chi connectivity index (χ0) is 15.5. The van der Waals surface area contributed by atoms with E-state index in [1.807, 2.05) is 16.9 Å². The number of carbonyl (C=O) groups is 2. The molecule has 0 radical (unpaired) electrons. The molecular formula is C15H23N5O2. The molecule has 0 saturated carbocycles. The van der Waals surface area contributed by atoms with Crippen LogP contribution in [0.5, 0.6) is 0 Å². The Kier molecular flexibility index (Phi) is 4.42. The Bertz CT molecular complexity index is 556. The second-order valence-electron chi connectivity index (χ2n) is 6.10. The van der Waals surface area contributed by atoms with Gasteiger partial charge in [-0.3, -0.25) is 19.2 Å². The fraction of sp³-hybridized carbons (Fsp3) is 0.667. The van der Waals surface area contributed by atoms with Crippen LogP contribution in [0.3, 0.4) is 0 Å². The first-order chi connectivity index (χ1) is 10.6. The number of rotatable bonds is 3. The number of hydrogen-bond acceptors (Lipinski definition) is 4. The van der Waals surface area contributed by atoms with E-state index in [9.17, 15) is 9.59 Å². The maximum atomic E-state index is 12.1. The van der Waals surface area contributed by atoms with Crippen LogP contribution < -0.4 is 10.6 Å². The Hall–Kier alpha value is -1.89. The first-order valence-corrected chi connectivity index (χ1v) is 7.98. The predicted octanol–water partition coefficient (Wildman–Crippen LogP) is 0.757. The van der Waals surface area contributed by atoms with Crippen LogP contribution in [0.1, 0.15) is 38.6 Å². The van der Waals surface area contributed by atoms with Crippen molar-refractivity contribution in [3.63, 3.8) is 0 Å². The third-order valence-corrected chi connectivity index (χ3v) is 4.43. The van der Waals surface area contributed by atoms with E-state index in [1.165, 1.54) is 6.92 Å². The quantitative estimate of drug-likeness (QED) is 0.864. The molecule has 1 aromatic rings. The molecule has 0 aromatic carbocycles. The third kappa shape index (κ3) is 3.30. The maximum absolute atomic E-state index is 12.1. The SMILES string of the molecule is CC(=O)Nc1ccn(C2CCN(C3CCCCNC3=O)C2)n1. The summed E-state index contributed by atoms with van der Waals surface area (Å²) >= 11 is 0. The summed E-state index contributed by atoms with van der Waals surface area (Å²) in [5.41, 5.74) is 0. The number of amides is 2. The van der Waals surface area contributed by atoms with Gasteiger partial charge in [0.15, 0.2) is 5.82 Å². The Labute approximate surface area is 130 Å². The fourth-order valence-electron chi connectivity index (χ4n) is 3.33. The first kappa shape index (κ1) is 15.0. The van der Waals surface area contributed by atoms with Crippen molar-refractivity contribution in [2.24, 2.45) is 0 Å². The standard InChI is InChI=1S/C15H23N5O2/c1-11(21)17-14-6-9-20(18-14)12-5-8-19(10-12)13-4-2-3-7-16-15(13)22/h6,9,12-13H,2-5,7-8,10H2,1H3,(H,16,22)(H,17,18,21). The van der Waals surface area contributed by atoms with Crippen LogP contribution in [-0.4, -0.2) is 52.2 Å². The van der Waals surface area contributed by atoms with Crippen molar-refractivity contribution in [3.8, 4) is 0 Å². The van der Waals surface area contributed by atoms with Crippen LogP contribution in [0.2, 0.25) is 0 Å². The van der Waals surface area contributed by atoms with Gasteiger partial charge in [0.25, 0.3) is 0 Å². The van der Waals surface area contributed by atoms with Gasteiger partial charge in [-0.05, 0) is 25.7 Å². The van der Waals surface area contributed by atoms with Crippen molar-refractivity contribution in [1.82, 2.24) is 20.0 Å². The van der Waals surface area contributed by atoms with E-state index in [-0.39, 0.29) is 23.9 Å². The lowest BCUT2D eigenvalue weighted by molar-refractivity contribution is -0.125. The maximum Gasteiger partial charge on any atom is 0.237 e. The van der Waals surface area contributed by atoms with Gasteiger partial charge in [-0.25, -0.2) is 0 Å². The van der Waals surface area contributed by atoms with Crippen LogP contribution in [0, 0.1) is 0 Å². The highest BCUT2D eigenvalue weighted by molar-refractivity contribution is 5.87. The highest BCUT2D eigenvalue weighted by Crippen LogP contribution is 2.26. The Morgan fingerprint density at radius 3 is 3.09 bits per heavy atom. The highest BCUT2D eigenvalue weighted by atomic mass is 16.2. The Morgan fingerprint density at radius 2 is 2.27 bits per heavy atom. The van der Waals surface area contributed by atoms with Crippen LogP contribution in [-0.2, 0) is 9.59 Å². The van der Waals surface area contributed by atoms with Crippen molar-refractivity contribution in [1.29, 1.82) is 0 Å². The minimum atomic E-state index is -0.117.